The van der Waals surface area contributed by atoms with E-state index in [1.807, 2.05) is 6.92 Å². The Bertz CT molecular complexity index is 1020. The van der Waals surface area contributed by atoms with E-state index in [4.69, 9.17) is 0 Å². The maximum absolute atomic E-state index is 13.6. The lowest BCUT2D eigenvalue weighted by Gasteiger charge is -2.43. The van der Waals surface area contributed by atoms with E-state index in [1.165, 1.54) is 24.1 Å². The second kappa shape index (κ2) is 9.44. The number of nitrogens with zero attached hydrogens (tertiary/aromatic N) is 2. The van der Waals surface area contributed by atoms with Gasteiger partial charge in [0.2, 0.25) is 0 Å². The summed E-state index contributed by atoms with van der Waals surface area (Å²) in [4.78, 5) is 15.9. The first-order chi connectivity index (χ1) is 15.7. The molecular weight excluding hydrogens is 467 g/mol. The van der Waals surface area contributed by atoms with Crippen LogP contribution in [-0.4, -0.2) is 42.0 Å². The third kappa shape index (κ3) is 5.63. The van der Waals surface area contributed by atoms with E-state index in [0.717, 1.165) is 4.90 Å². The average molecular weight is 491 g/mol. The van der Waals surface area contributed by atoms with E-state index >= 15 is 0 Å². The summed E-state index contributed by atoms with van der Waals surface area (Å²) >= 11 is 0. The van der Waals surface area contributed by atoms with Gasteiger partial charge in [0, 0.05) is 32.7 Å². The third-order valence-electron chi connectivity index (χ3n) is 5.82. The van der Waals surface area contributed by atoms with E-state index < -0.39 is 47.9 Å². The minimum atomic E-state index is -4.97. The maximum atomic E-state index is 13.6. The Hall–Kier alpha value is -2.82. The fourth-order valence-corrected chi connectivity index (χ4v) is 4.23. The first-order valence-electron chi connectivity index (χ1n) is 10.5. The van der Waals surface area contributed by atoms with E-state index in [9.17, 15) is 35.5 Å². The van der Waals surface area contributed by atoms with Crippen molar-refractivity contribution >= 4 is 6.03 Å². The van der Waals surface area contributed by atoms with Crippen LogP contribution in [0.15, 0.2) is 36.4 Å². The monoisotopic (exact) mass is 491 g/mol. The van der Waals surface area contributed by atoms with Crippen molar-refractivity contribution in [2.75, 3.05) is 20.1 Å². The SMILES string of the molecule is Cc1cc(F)ccc1C1C(C)NCCN1C(=O)N(C)Cc1cc(C(F)(F)F)cc(C(F)(F)F)c1. The molecule has 1 fully saturated rings. The Morgan fingerprint density at radius 3 is 2.18 bits per heavy atom. The zero-order valence-electron chi connectivity index (χ0n) is 18.7. The van der Waals surface area contributed by atoms with Gasteiger partial charge < -0.3 is 15.1 Å². The van der Waals surface area contributed by atoms with E-state index in [-0.39, 0.29) is 24.2 Å². The molecule has 1 aliphatic rings. The molecule has 2 amide bonds. The minimum absolute atomic E-state index is 0.0522. The topological polar surface area (TPSA) is 35.6 Å². The highest BCUT2D eigenvalue weighted by Gasteiger charge is 2.38. The summed E-state index contributed by atoms with van der Waals surface area (Å²) in [5, 5.41) is 3.24. The maximum Gasteiger partial charge on any atom is 0.416 e. The van der Waals surface area contributed by atoms with Crippen molar-refractivity contribution in [1.82, 2.24) is 15.1 Å². The van der Waals surface area contributed by atoms with Crippen molar-refractivity contribution in [3.8, 4) is 0 Å². The van der Waals surface area contributed by atoms with Crippen molar-refractivity contribution in [2.24, 2.45) is 0 Å². The zero-order chi connectivity index (χ0) is 25.4. The molecule has 2 atom stereocenters. The van der Waals surface area contributed by atoms with E-state index in [0.29, 0.717) is 29.8 Å². The summed E-state index contributed by atoms with van der Waals surface area (Å²) in [6.07, 6.45) is -9.95. The van der Waals surface area contributed by atoms with Crippen LogP contribution in [0.4, 0.5) is 35.5 Å². The van der Waals surface area contributed by atoms with Crippen LogP contribution < -0.4 is 5.32 Å². The number of carbonyl (C=O) groups excluding carboxylic acids is 1. The summed E-state index contributed by atoms with van der Waals surface area (Å²) in [5.41, 5.74) is -1.85. The van der Waals surface area contributed by atoms with Crippen molar-refractivity contribution < 1.29 is 35.5 Å². The number of halogens is 7. The molecule has 2 aromatic carbocycles. The molecule has 11 heteroatoms. The number of rotatable bonds is 3. The normalized spacial score (nSPS) is 19.3. The Morgan fingerprint density at radius 2 is 1.65 bits per heavy atom. The molecule has 0 radical (unpaired) electrons. The van der Waals surface area contributed by atoms with Gasteiger partial charge in [-0.15, -0.1) is 0 Å². The predicted octanol–water partition coefficient (Wildman–Crippen LogP) is 5.76. The number of amides is 2. The van der Waals surface area contributed by atoms with Gasteiger partial charge in [-0.2, -0.15) is 26.3 Å². The zero-order valence-corrected chi connectivity index (χ0v) is 18.7. The second-order valence-corrected chi connectivity index (χ2v) is 8.43. The van der Waals surface area contributed by atoms with Gasteiger partial charge in [0.1, 0.15) is 5.82 Å². The van der Waals surface area contributed by atoms with Crippen LogP contribution in [0.25, 0.3) is 0 Å². The summed E-state index contributed by atoms with van der Waals surface area (Å²) in [7, 11) is 1.32. The lowest BCUT2D eigenvalue weighted by Crippen LogP contribution is -2.56. The molecule has 0 aliphatic carbocycles. The fourth-order valence-electron chi connectivity index (χ4n) is 4.23. The number of piperazine rings is 1. The molecule has 3 rings (SSSR count). The van der Waals surface area contributed by atoms with E-state index in [2.05, 4.69) is 5.32 Å². The van der Waals surface area contributed by atoms with Gasteiger partial charge in [0.15, 0.2) is 0 Å². The largest absolute Gasteiger partial charge is 0.416 e. The van der Waals surface area contributed by atoms with Crippen molar-refractivity contribution in [1.29, 1.82) is 0 Å². The first-order valence-corrected chi connectivity index (χ1v) is 10.5. The number of urea groups is 1. The number of benzene rings is 2. The number of alkyl halides is 6. The molecule has 0 bridgehead atoms. The standard InChI is InChI=1S/C23H24F7N3O/c1-13-8-18(24)4-5-19(13)20-14(2)31-6-7-33(20)21(34)32(3)12-15-9-16(22(25,26)27)11-17(10-15)23(28,29)30/h4-5,8-11,14,20,31H,6-7,12H2,1-3H3. The molecule has 1 saturated heterocycles. The van der Waals surface area contributed by atoms with Crippen LogP contribution in [-0.2, 0) is 18.9 Å². The minimum Gasteiger partial charge on any atom is -0.323 e. The smallest absolute Gasteiger partial charge is 0.323 e. The molecule has 0 spiro atoms. The third-order valence-corrected chi connectivity index (χ3v) is 5.82. The van der Waals surface area contributed by atoms with Crippen LogP contribution in [0.2, 0.25) is 0 Å². The van der Waals surface area contributed by atoms with E-state index in [1.54, 1.807) is 13.0 Å². The van der Waals surface area contributed by atoms with Crippen molar-refractivity contribution in [2.45, 2.75) is 44.8 Å². The van der Waals surface area contributed by atoms with Gasteiger partial charge in [-0.25, -0.2) is 9.18 Å². The first kappa shape index (κ1) is 25.8. The van der Waals surface area contributed by atoms with Gasteiger partial charge in [-0.3, -0.25) is 0 Å². The van der Waals surface area contributed by atoms with Crippen molar-refractivity contribution in [3.63, 3.8) is 0 Å². The quantitative estimate of drug-likeness (QED) is 0.555. The fraction of sp³-hybridized carbons (Fsp3) is 0.435. The Morgan fingerprint density at radius 1 is 1.06 bits per heavy atom. The number of carbonyl (C=O) groups is 1. The molecular formula is C23H24F7N3O. The summed E-state index contributed by atoms with van der Waals surface area (Å²) < 4.78 is 92.7. The summed E-state index contributed by atoms with van der Waals surface area (Å²) in [6.45, 7) is 3.78. The lowest BCUT2D eigenvalue weighted by atomic mass is 9.93. The van der Waals surface area contributed by atoms with Crippen LogP contribution in [0.3, 0.4) is 0 Å². The molecule has 1 heterocycles. The van der Waals surface area contributed by atoms with Gasteiger partial charge in [0.25, 0.3) is 0 Å². The van der Waals surface area contributed by atoms with Crippen LogP contribution in [0.1, 0.15) is 40.8 Å². The van der Waals surface area contributed by atoms with Gasteiger partial charge in [-0.05, 0) is 60.9 Å². The Balaban J connectivity index is 1.91. The molecule has 4 nitrogen and oxygen atoms in total. The molecule has 186 valence electrons. The van der Waals surface area contributed by atoms with Crippen LogP contribution >= 0.6 is 0 Å². The van der Waals surface area contributed by atoms with Crippen LogP contribution in [0.5, 0.6) is 0 Å². The molecule has 1 aliphatic heterocycles. The molecule has 34 heavy (non-hydrogen) atoms. The predicted molar refractivity (Wildman–Crippen MR) is 111 cm³/mol. The highest BCUT2D eigenvalue weighted by Crippen LogP contribution is 2.37. The molecule has 0 aromatic heterocycles. The summed E-state index contributed by atoms with van der Waals surface area (Å²) in [5.74, 6) is -0.433. The number of nitrogens with one attached hydrogen (secondary N) is 1. The number of aryl methyl sites for hydroxylation is 1. The number of hydrogen-bond acceptors (Lipinski definition) is 2. The van der Waals surface area contributed by atoms with Gasteiger partial charge >= 0.3 is 18.4 Å². The average Bonchev–Trinajstić information content (AvgIpc) is 2.72. The van der Waals surface area contributed by atoms with Gasteiger partial charge in [0.05, 0.1) is 17.2 Å². The highest BCUT2D eigenvalue weighted by molar-refractivity contribution is 5.75. The van der Waals surface area contributed by atoms with Crippen LogP contribution in [0, 0.1) is 12.7 Å². The highest BCUT2D eigenvalue weighted by atomic mass is 19.4. The summed E-state index contributed by atoms with van der Waals surface area (Å²) in [6, 6.07) is 4.17. The molecule has 2 unspecified atom stereocenters. The second-order valence-electron chi connectivity index (χ2n) is 8.43. The molecule has 2 aromatic rings. The molecule has 1 N–H and O–H groups in total. The lowest BCUT2D eigenvalue weighted by molar-refractivity contribution is -0.143. The molecule has 0 saturated carbocycles. The van der Waals surface area contributed by atoms with Gasteiger partial charge in [-0.1, -0.05) is 6.07 Å². The number of hydrogen-bond donors (Lipinski definition) is 1. The Labute approximate surface area is 192 Å². The van der Waals surface area contributed by atoms with Crippen molar-refractivity contribution in [3.05, 3.63) is 70.0 Å². The Kier molecular flexibility index (Phi) is 7.16.